The van der Waals surface area contributed by atoms with Gasteiger partial charge in [0.05, 0.1) is 19.3 Å². The van der Waals surface area contributed by atoms with Crippen molar-refractivity contribution in [2.24, 2.45) is 5.92 Å². The van der Waals surface area contributed by atoms with Crippen molar-refractivity contribution in [1.82, 2.24) is 4.90 Å². The summed E-state index contributed by atoms with van der Waals surface area (Å²) in [5, 5.41) is -0.0208. The minimum absolute atomic E-state index is 0.0208. The number of amides is 1. The number of hydrogen-bond acceptors (Lipinski definition) is 9. The molecule has 1 amide bonds. The van der Waals surface area contributed by atoms with Gasteiger partial charge in [0.2, 0.25) is 0 Å². The van der Waals surface area contributed by atoms with E-state index in [0.29, 0.717) is 31.1 Å². The Balaban J connectivity index is 0.000000849. The number of methoxy groups -OCH3 is 2. The number of nitrogens with zero attached hydrogens (tertiary/aromatic N) is 1. The predicted octanol–water partition coefficient (Wildman–Crippen LogP) is 7.07. The third kappa shape index (κ3) is 12.3. The molecule has 2 heterocycles. The second-order valence-corrected chi connectivity index (χ2v) is 13.7. The van der Waals surface area contributed by atoms with E-state index in [0.717, 1.165) is 42.6 Å². The Morgan fingerprint density at radius 2 is 1.89 bits per heavy atom. The molecule has 1 N–H and O–H groups in total. The molecular weight excluding hydrogens is 663 g/mol. The van der Waals surface area contributed by atoms with E-state index in [-0.39, 0.29) is 23.4 Å². The number of ether oxygens (including phenoxy) is 4. The van der Waals surface area contributed by atoms with Gasteiger partial charge in [0.25, 0.3) is 5.24 Å². The molecule has 1 aromatic rings. The predicted molar refractivity (Wildman–Crippen MR) is 173 cm³/mol. The van der Waals surface area contributed by atoms with Crippen LogP contribution in [0, 0.1) is 5.92 Å². The van der Waals surface area contributed by atoms with Crippen molar-refractivity contribution in [3.05, 3.63) is 66.8 Å². The van der Waals surface area contributed by atoms with Crippen molar-refractivity contribution >= 4 is 33.1 Å². The fourth-order valence-electron chi connectivity index (χ4n) is 5.11. The van der Waals surface area contributed by atoms with Crippen molar-refractivity contribution in [2.45, 2.75) is 88.5 Å². The average molecular weight is 708 g/mol. The number of thioether (sulfide) groups is 1. The normalized spacial score (nSPS) is 24.2. The Bertz CT molecular complexity index is 1350. The molecule has 15 heteroatoms. The lowest BCUT2D eigenvalue weighted by Crippen LogP contribution is -2.60. The first-order valence-electron chi connectivity index (χ1n) is 14.9. The fraction of sp³-hybridized carbons (Fsp3) is 0.562. The van der Waals surface area contributed by atoms with Crippen LogP contribution in [0.25, 0.3) is 0 Å². The molecule has 0 saturated carbocycles. The van der Waals surface area contributed by atoms with Gasteiger partial charge < -0.3 is 23.8 Å². The maximum absolute atomic E-state index is 13.1. The molecule has 264 valence electrons. The number of halogens is 3. The number of carbonyl (C=O) groups excluding carboxylic acids is 2. The standard InChI is InChI=1S/C31H43NO6S.CHF3O3S/c1-7-9-10-23(4)17-29(33)37-27-18-26(14-11-22(3)8-2)38-31(19-27,36-6)28-21-39-30(34)32(28)20-24-12-15-25(35-5)16-13-24;2-1(3,4)8(5,6)7/h7-8,12-13,15-17,22,26-28H,1-2,9-11,14,18-21H2,3-6H3;(H,5,6,7)/b23-17-;/t22-,26-,27-,28+,31-;/m1./s1. The van der Waals surface area contributed by atoms with Gasteiger partial charge in [0.1, 0.15) is 11.9 Å². The van der Waals surface area contributed by atoms with Crippen LogP contribution in [0.3, 0.4) is 0 Å². The van der Waals surface area contributed by atoms with E-state index in [1.807, 2.05) is 48.2 Å². The van der Waals surface area contributed by atoms with Gasteiger partial charge in [0.15, 0.2) is 5.79 Å². The molecule has 0 unspecified atom stereocenters. The Morgan fingerprint density at radius 3 is 2.43 bits per heavy atom. The van der Waals surface area contributed by atoms with E-state index in [1.165, 1.54) is 11.8 Å². The summed E-state index contributed by atoms with van der Waals surface area (Å²) in [5.74, 6) is 0.160. The highest BCUT2D eigenvalue weighted by atomic mass is 32.2. The van der Waals surface area contributed by atoms with Gasteiger partial charge in [-0.3, -0.25) is 9.35 Å². The van der Waals surface area contributed by atoms with Crippen LogP contribution in [0.5, 0.6) is 5.75 Å². The molecule has 10 nitrogen and oxygen atoms in total. The molecule has 2 saturated heterocycles. The number of carbonyl (C=O) groups is 2. The van der Waals surface area contributed by atoms with Crippen molar-refractivity contribution in [3.63, 3.8) is 0 Å². The lowest BCUT2D eigenvalue weighted by molar-refractivity contribution is -0.305. The van der Waals surface area contributed by atoms with Crippen LogP contribution in [0.15, 0.2) is 61.2 Å². The molecule has 3 rings (SSSR count). The van der Waals surface area contributed by atoms with Crippen LogP contribution in [-0.2, 0) is 35.7 Å². The van der Waals surface area contributed by atoms with Gasteiger partial charge in [-0.2, -0.15) is 21.6 Å². The van der Waals surface area contributed by atoms with Crippen molar-refractivity contribution in [3.8, 4) is 5.75 Å². The monoisotopic (exact) mass is 707 g/mol. The second kappa shape index (κ2) is 18.1. The first-order valence-corrected chi connectivity index (χ1v) is 17.3. The van der Waals surface area contributed by atoms with E-state index in [4.69, 9.17) is 31.9 Å². The summed E-state index contributed by atoms with van der Waals surface area (Å²) in [5.41, 5.74) is -3.60. The number of allylic oxidation sites excluding steroid dienone is 3. The van der Waals surface area contributed by atoms with Gasteiger partial charge in [0, 0.05) is 38.3 Å². The summed E-state index contributed by atoms with van der Waals surface area (Å²) in [6.07, 6.45) is 8.90. The molecule has 0 spiro atoms. The fourth-order valence-corrected chi connectivity index (χ4v) is 6.20. The summed E-state index contributed by atoms with van der Waals surface area (Å²) in [7, 11) is -2.60. The first kappa shape index (κ1) is 40.3. The highest BCUT2D eigenvalue weighted by molar-refractivity contribution is 8.13. The number of rotatable bonds is 14. The molecule has 5 atom stereocenters. The lowest BCUT2D eigenvalue weighted by Gasteiger charge is -2.48. The van der Waals surface area contributed by atoms with E-state index in [9.17, 15) is 22.8 Å². The highest BCUT2D eigenvalue weighted by Gasteiger charge is 2.54. The molecule has 0 radical (unpaired) electrons. The molecule has 1 aromatic carbocycles. The molecule has 0 aliphatic carbocycles. The van der Waals surface area contributed by atoms with Crippen molar-refractivity contribution in [1.29, 1.82) is 0 Å². The average Bonchev–Trinajstić information content (AvgIpc) is 3.38. The van der Waals surface area contributed by atoms with Crippen LogP contribution in [0.2, 0.25) is 0 Å². The number of esters is 1. The smallest absolute Gasteiger partial charge is 0.497 e. The molecule has 0 bridgehead atoms. The molecule has 47 heavy (non-hydrogen) atoms. The zero-order valence-corrected chi connectivity index (χ0v) is 28.7. The molecule has 2 aliphatic heterocycles. The van der Waals surface area contributed by atoms with E-state index in [2.05, 4.69) is 20.1 Å². The van der Waals surface area contributed by atoms with Crippen molar-refractivity contribution in [2.75, 3.05) is 20.0 Å². The first-order chi connectivity index (χ1) is 22.0. The zero-order chi connectivity index (χ0) is 35.4. The number of hydrogen-bond donors (Lipinski definition) is 1. The third-order valence-corrected chi connectivity index (χ3v) is 9.32. The second-order valence-electron chi connectivity index (χ2n) is 11.4. The number of alkyl halides is 3. The minimum Gasteiger partial charge on any atom is -0.497 e. The Hall–Kier alpha value is -2.85. The largest absolute Gasteiger partial charge is 0.522 e. The maximum Gasteiger partial charge on any atom is 0.522 e. The van der Waals surface area contributed by atoms with Crippen LogP contribution in [-0.4, -0.2) is 78.6 Å². The van der Waals surface area contributed by atoms with E-state index in [1.54, 1.807) is 20.3 Å². The SMILES string of the molecule is C=CCC/C(C)=C\C(=O)O[C@@H]1C[C@@H](CC[C@H](C)C=C)O[C@@](OC)([C@@H]2CSC(=O)N2Cc2ccc(OC)cc2)C1.O=S(=O)(O)C(F)(F)F. The summed E-state index contributed by atoms with van der Waals surface area (Å²) in [6.45, 7) is 12.1. The van der Waals surface area contributed by atoms with Gasteiger partial charge in [-0.15, -0.1) is 13.2 Å². The number of benzene rings is 1. The van der Waals surface area contributed by atoms with Crippen LogP contribution < -0.4 is 4.74 Å². The Kier molecular flexibility index (Phi) is 15.5. The molecule has 0 aromatic heterocycles. The van der Waals surface area contributed by atoms with Crippen LogP contribution in [0.1, 0.15) is 57.9 Å². The highest BCUT2D eigenvalue weighted by Crippen LogP contribution is 2.43. The topological polar surface area (TPSA) is 129 Å². The van der Waals surface area contributed by atoms with Crippen LogP contribution in [0.4, 0.5) is 18.0 Å². The summed E-state index contributed by atoms with van der Waals surface area (Å²) in [6, 6.07) is 7.35. The van der Waals surface area contributed by atoms with Gasteiger partial charge in [-0.25, -0.2) is 4.79 Å². The lowest BCUT2D eigenvalue weighted by atomic mass is 9.89. The zero-order valence-electron chi connectivity index (χ0n) is 27.0. The van der Waals surface area contributed by atoms with Gasteiger partial charge >= 0.3 is 21.6 Å². The van der Waals surface area contributed by atoms with E-state index >= 15 is 0 Å². The molecule has 2 fully saturated rings. The van der Waals surface area contributed by atoms with Gasteiger partial charge in [-0.1, -0.05) is 48.5 Å². The van der Waals surface area contributed by atoms with Crippen LogP contribution >= 0.6 is 11.8 Å². The molecular formula is C32H44F3NO9S2. The third-order valence-electron chi connectivity index (χ3n) is 7.77. The Morgan fingerprint density at radius 1 is 1.26 bits per heavy atom. The summed E-state index contributed by atoms with van der Waals surface area (Å²) < 4.78 is 81.6. The molecule has 2 aliphatic rings. The summed E-state index contributed by atoms with van der Waals surface area (Å²) >= 11 is 1.27. The Labute approximate surface area is 279 Å². The summed E-state index contributed by atoms with van der Waals surface area (Å²) in [4.78, 5) is 27.7. The minimum atomic E-state index is -5.84. The van der Waals surface area contributed by atoms with Gasteiger partial charge in [-0.05, 0) is 56.2 Å². The quantitative estimate of drug-likeness (QED) is 0.0705. The van der Waals surface area contributed by atoms with E-state index < -0.39 is 27.5 Å². The maximum atomic E-state index is 13.1. The van der Waals surface area contributed by atoms with Crippen molar-refractivity contribution < 1.29 is 54.7 Å².